The van der Waals surface area contributed by atoms with Gasteiger partial charge in [-0.1, -0.05) is 0 Å². The highest BCUT2D eigenvalue weighted by Gasteiger charge is 2.27. The summed E-state index contributed by atoms with van der Waals surface area (Å²) in [4.78, 5) is 25.3. The minimum absolute atomic E-state index is 0.0154. The minimum Gasteiger partial charge on any atom is -0.497 e. The quantitative estimate of drug-likeness (QED) is 0.594. The van der Waals surface area contributed by atoms with Crippen molar-refractivity contribution in [3.05, 3.63) is 35.5 Å². The van der Waals surface area contributed by atoms with E-state index in [4.69, 9.17) is 14.2 Å². The normalized spacial score (nSPS) is 15.9. The van der Waals surface area contributed by atoms with Crippen molar-refractivity contribution >= 4 is 11.9 Å². The van der Waals surface area contributed by atoms with Crippen molar-refractivity contribution in [2.24, 2.45) is 0 Å². The van der Waals surface area contributed by atoms with E-state index < -0.39 is 5.97 Å². The molecule has 0 radical (unpaired) electrons. The number of carbonyl (C=O) groups is 2. The fourth-order valence-electron chi connectivity index (χ4n) is 2.48. The number of amides is 1. The van der Waals surface area contributed by atoms with Crippen molar-refractivity contribution in [3.63, 3.8) is 0 Å². The van der Waals surface area contributed by atoms with Crippen LogP contribution >= 0.6 is 0 Å². The Hall–Kier alpha value is -2.50. The standard InChI is InChI=1S/C17H21NO5/c1-4-23-17(20)9-13-6-8-16(19)18(13)11-12-5-7-14(21-2)10-15(12)22-3/h5,7,9-10H,4,6,8,11H2,1-3H3/b13-9+. The van der Waals surface area contributed by atoms with Crippen LogP contribution in [-0.2, 0) is 20.9 Å². The van der Waals surface area contributed by atoms with E-state index in [1.165, 1.54) is 6.08 Å². The molecule has 0 aliphatic carbocycles. The highest BCUT2D eigenvalue weighted by atomic mass is 16.5. The number of methoxy groups -OCH3 is 2. The first-order valence-electron chi connectivity index (χ1n) is 7.47. The number of hydrogen-bond donors (Lipinski definition) is 0. The second-order valence-electron chi connectivity index (χ2n) is 5.05. The first-order chi connectivity index (χ1) is 11.1. The highest BCUT2D eigenvalue weighted by Crippen LogP contribution is 2.30. The molecule has 1 aromatic rings. The summed E-state index contributed by atoms with van der Waals surface area (Å²) < 4.78 is 15.4. The molecule has 23 heavy (non-hydrogen) atoms. The number of esters is 1. The van der Waals surface area contributed by atoms with Crippen LogP contribution in [-0.4, -0.2) is 37.6 Å². The summed E-state index contributed by atoms with van der Waals surface area (Å²) in [7, 11) is 3.15. The molecular weight excluding hydrogens is 298 g/mol. The zero-order valence-corrected chi connectivity index (χ0v) is 13.6. The number of carbonyl (C=O) groups excluding carboxylic acids is 2. The topological polar surface area (TPSA) is 65.1 Å². The first kappa shape index (κ1) is 16.9. The predicted molar refractivity (Wildman–Crippen MR) is 84.0 cm³/mol. The average Bonchev–Trinajstić information content (AvgIpc) is 2.88. The summed E-state index contributed by atoms with van der Waals surface area (Å²) in [6, 6.07) is 5.43. The van der Waals surface area contributed by atoms with Crippen LogP contribution in [0, 0.1) is 0 Å². The van der Waals surface area contributed by atoms with Crippen molar-refractivity contribution in [1.82, 2.24) is 4.90 Å². The number of ether oxygens (including phenoxy) is 3. The molecule has 1 saturated heterocycles. The van der Waals surface area contributed by atoms with Crippen molar-refractivity contribution in [3.8, 4) is 11.5 Å². The van der Waals surface area contributed by atoms with Gasteiger partial charge in [0.05, 0.1) is 27.4 Å². The lowest BCUT2D eigenvalue weighted by molar-refractivity contribution is -0.137. The van der Waals surface area contributed by atoms with Gasteiger partial charge in [-0.15, -0.1) is 0 Å². The van der Waals surface area contributed by atoms with E-state index in [-0.39, 0.29) is 5.91 Å². The van der Waals surface area contributed by atoms with E-state index in [0.29, 0.717) is 43.2 Å². The van der Waals surface area contributed by atoms with Crippen LogP contribution in [0.25, 0.3) is 0 Å². The zero-order valence-electron chi connectivity index (χ0n) is 13.6. The number of rotatable bonds is 6. The molecule has 0 atom stereocenters. The van der Waals surface area contributed by atoms with E-state index in [2.05, 4.69) is 0 Å². The second kappa shape index (κ2) is 7.67. The molecule has 124 valence electrons. The van der Waals surface area contributed by atoms with Crippen LogP contribution in [0.5, 0.6) is 11.5 Å². The summed E-state index contributed by atoms with van der Waals surface area (Å²) in [5.74, 6) is 0.877. The van der Waals surface area contributed by atoms with Gasteiger partial charge in [-0.3, -0.25) is 4.79 Å². The molecule has 1 aliphatic rings. The maximum absolute atomic E-state index is 12.1. The molecule has 1 aromatic carbocycles. The first-order valence-corrected chi connectivity index (χ1v) is 7.47. The Bertz CT molecular complexity index is 623. The van der Waals surface area contributed by atoms with Gasteiger partial charge in [0.25, 0.3) is 0 Å². The molecule has 6 nitrogen and oxygen atoms in total. The second-order valence-corrected chi connectivity index (χ2v) is 5.05. The summed E-state index contributed by atoms with van der Waals surface area (Å²) in [6.07, 6.45) is 2.32. The van der Waals surface area contributed by atoms with Crippen LogP contribution in [0.1, 0.15) is 25.3 Å². The van der Waals surface area contributed by atoms with Crippen LogP contribution in [0.3, 0.4) is 0 Å². The molecule has 1 amide bonds. The third-order valence-electron chi connectivity index (χ3n) is 3.64. The molecule has 0 unspecified atom stereocenters. The van der Waals surface area contributed by atoms with Crippen LogP contribution in [0.4, 0.5) is 0 Å². The van der Waals surface area contributed by atoms with Gasteiger partial charge in [-0.2, -0.15) is 0 Å². The molecular formula is C17H21NO5. The van der Waals surface area contributed by atoms with Gasteiger partial charge < -0.3 is 19.1 Å². The third kappa shape index (κ3) is 4.03. The van der Waals surface area contributed by atoms with Crippen molar-refractivity contribution in [1.29, 1.82) is 0 Å². The van der Waals surface area contributed by atoms with E-state index in [9.17, 15) is 9.59 Å². The summed E-state index contributed by atoms with van der Waals surface area (Å²) in [5.41, 5.74) is 1.52. The minimum atomic E-state index is -0.427. The molecule has 1 heterocycles. The van der Waals surface area contributed by atoms with Gasteiger partial charge in [0, 0.05) is 29.8 Å². The fourth-order valence-corrected chi connectivity index (χ4v) is 2.48. The van der Waals surface area contributed by atoms with Crippen LogP contribution in [0.2, 0.25) is 0 Å². The van der Waals surface area contributed by atoms with Gasteiger partial charge in [0.1, 0.15) is 11.5 Å². The Morgan fingerprint density at radius 2 is 2.04 bits per heavy atom. The van der Waals surface area contributed by atoms with Gasteiger partial charge in [0.2, 0.25) is 5.91 Å². The Labute approximate surface area is 135 Å². The van der Waals surface area contributed by atoms with Crippen molar-refractivity contribution in [2.75, 3.05) is 20.8 Å². The van der Waals surface area contributed by atoms with Gasteiger partial charge in [0.15, 0.2) is 0 Å². The van der Waals surface area contributed by atoms with Gasteiger partial charge in [-0.05, 0) is 25.5 Å². The number of nitrogens with zero attached hydrogens (tertiary/aromatic N) is 1. The smallest absolute Gasteiger partial charge is 0.332 e. The van der Waals surface area contributed by atoms with E-state index in [1.807, 2.05) is 12.1 Å². The Morgan fingerprint density at radius 1 is 1.26 bits per heavy atom. The Balaban J connectivity index is 2.22. The number of benzene rings is 1. The van der Waals surface area contributed by atoms with E-state index in [0.717, 1.165) is 5.56 Å². The largest absolute Gasteiger partial charge is 0.497 e. The lowest BCUT2D eigenvalue weighted by Gasteiger charge is -2.20. The number of likely N-dealkylation sites (tertiary alicyclic amines) is 1. The lowest BCUT2D eigenvalue weighted by Crippen LogP contribution is -2.23. The molecule has 0 saturated carbocycles. The van der Waals surface area contributed by atoms with E-state index in [1.54, 1.807) is 32.1 Å². The third-order valence-corrected chi connectivity index (χ3v) is 3.64. The highest BCUT2D eigenvalue weighted by molar-refractivity contribution is 5.87. The predicted octanol–water partition coefficient (Wildman–Crippen LogP) is 2.27. The SMILES string of the molecule is CCOC(=O)/C=C1\CCC(=O)N1Cc1ccc(OC)cc1OC. The summed E-state index contributed by atoms with van der Waals surface area (Å²) >= 11 is 0. The fraction of sp³-hybridized carbons (Fsp3) is 0.412. The molecule has 1 fully saturated rings. The number of allylic oxidation sites excluding steroid dienone is 1. The summed E-state index contributed by atoms with van der Waals surface area (Å²) in [6.45, 7) is 2.40. The van der Waals surface area contributed by atoms with Crippen molar-refractivity contribution in [2.45, 2.75) is 26.3 Å². The molecule has 0 aromatic heterocycles. The Kier molecular flexibility index (Phi) is 5.62. The lowest BCUT2D eigenvalue weighted by atomic mass is 10.1. The maximum Gasteiger partial charge on any atom is 0.332 e. The molecule has 6 heteroatoms. The molecule has 2 rings (SSSR count). The maximum atomic E-state index is 12.1. The molecule has 0 spiro atoms. The average molecular weight is 319 g/mol. The zero-order chi connectivity index (χ0) is 16.8. The van der Waals surface area contributed by atoms with E-state index >= 15 is 0 Å². The Morgan fingerprint density at radius 3 is 2.70 bits per heavy atom. The molecule has 0 N–H and O–H groups in total. The molecule has 1 aliphatic heterocycles. The monoisotopic (exact) mass is 319 g/mol. The molecule has 0 bridgehead atoms. The van der Waals surface area contributed by atoms with Gasteiger partial charge in [-0.25, -0.2) is 4.79 Å². The summed E-state index contributed by atoms with van der Waals surface area (Å²) in [5, 5.41) is 0. The van der Waals surface area contributed by atoms with Crippen LogP contribution < -0.4 is 9.47 Å². The van der Waals surface area contributed by atoms with Crippen molar-refractivity contribution < 1.29 is 23.8 Å². The van der Waals surface area contributed by atoms with Crippen LogP contribution in [0.15, 0.2) is 30.0 Å². The number of hydrogen-bond acceptors (Lipinski definition) is 5. The van der Waals surface area contributed by atoms with Gasteiger partial charge >= 0.3 is 5.97 Å².